The zero-order chi connectivity index (χ0) is 17.0. The van der Waals surface area contributed by atoms with Crippen molar-refractivity contribution in [1.82, 2.24) is 0 Å². The van der Waals surface area contributed by atoms with Gasteiger partial charge in [0, 0.05) is 11.6 Å². The summed E-state index contributed by atoms with van der Waals surface area (Å²) in [4.78, 5) is 0. The van der Waals surface area contributed by atoms with Gasteiger partial charge in [-0.2, -0.15) is 0 Å². The monoisotopic (exact) mass is 356 g/mol. The highest BCUT2D eigenvalue weighted by molar-refractivity contribution is 6.68. The van der Waals surface area contributed by atoms with Gasteiger partial charge in [0.25, 0.3) is 0 Å². The maximum atomic E-state index is 6.27. The lowest BCUT2D eigenvalue weighted by atomic mass is 10.1. The highest BCUT2D eigenvalue weighted by Crippen LogP contribution is 2.25. The highest BCUT2D eigenvalue weighted by atomic mass is 35.5. The van der Waals surface area contributed by atoms with E-state index in [9.17, 15) is 0 Å². The van der Waals surface area contributed by atoms with Crippen LogP contribution < -0.4 is 4.43 Å². The summed E-state index contributed by atoms with van der Waals surface area (Å²) in [6.07, 6.45) is 9.13. The Hall–Kier alpha value is -0.513. The van der Waals surface area contributed by atoms with Gasteiger partial charge in [-0.05, 0) is 36.7 Å². The normalized spacial score (nSPS) is 11.7. The Morgan fingerprint density at radius 1 is 0.913 bits per heavy atom. The Labute approximate surface area is 148 Å². The van der Waals surface area contributed by atoms with Gasteiger partial charge in [0.1, 0.15) is 5.75 Å². The van der Waals surface area contributed by atoms with Gasteiger partial charge in [-0.25, -0.2) is 0 Å². The van der Waals surface area contributed by atoms with Crippen molar-refractivity contribution in [2.24, 2.45) is 0 Å². The summed E-state index contributed by atoms with van der Waals surface area (Å²) < 4.78 is 12.5. The van der Waals surface area contributed by atoms with Crippen molar-refractivity contribution in [2.75, 3.05) is 6.61 Å². The minimum absolute atomic E-state index is 0.713. The van der Waals surface area contributed by atoms with Crippen LogP contribution in [0, 0.1) is 0 Å². The van der Waals surface area contributed by atoms with Crippen LogP contribution in [0.15, 0.2) is 24.3 Å². The lowest BCUT2D eigenvalue weighted by Crippen LogP contribution is -2.44. The standard InChI is InChI=1S/C19H33ClO2Si/c1-4-7-8-9-10-11-12-16-21-23(5-2,6-3)22-19-15-13-14-18(20)17-19/h13-15,17H,4-12,16H2,1-3H3. The lowest BCUT2D eigenvalue weighted by molar-refractivity contribution is 0.230. The van der Waals surface area contributed by atoms with E-state index in [4.69, 9.17) is 20.5 Å². The third-order valence-electron chi connectivity index (χ3n) is 4.29. The van der Waals surface area contributed by atoms with Crippen LogP contribution in [0.5, 0.6) is 5.75 Å². The molecule has 0 spiro atoms. The van der Waals surface area contributed by atoms with Gasteiger partial charge in [0.05, 0.1) is 0 Å². The van der Waals surface area contributed by atoms with Crippen LogP contribution >= 0.6 is 11.6 Å². The van der Waals surface area contributed by atoms with Crippen LogP contribution in [0.2, 0.25) is 17.1 Å². The van der Waals surface area contributed by atoms with E-state index in [0.29, 0.717) is 5.02 Å². The molecule has 2 nitrogen and oxygen atoms in total. The van der Waals surface area contributed by atoms with Gasteiger partial charge in [-0.3, -0.25) is 0 Å². The van der Waals surface area contributed by atoms with Crippen LogP contribution in [0.3, 0.4) is 0 Å². The fourth-order valence-electron chi connectivity index (χ4n) is 2.69. The molecule has 0 radical (unpaired) electrons. The molecule has 132 valence electrons. The molecular formula is C19H33ClO2Si. The SMILES string of the molecule is CCCCCCCCCO[Si](CC)(CC)Oc1cccc(Cl)c1. The topological polar surface area (TPSA) is 18.5 Å². The molecule has 0 aliphatic rings. The van der Waals surface area contributed by atoms with E-state index in [2.05, 4.69) is 20.8 Å². The molecule has 0 heterocycles. The number of unbranched alkanes of at least 4 members (excludes halogenated alkanes) is 6. The average Bonchev–Trinajstić information content (AvgIpc) is 2.56. The first kappa shape index (κ1) is 20.5. The largest absolute Gasteiger partial charge is 0.520 e. The van der Waals surface area contributed by atoms with E-state index in [1.54, 1.807) is 0 Å². The molecule has 0 aromatic heterocycles. The molecule has 23 heavy (non-hydrogen) atoms. The third-order valence-corrected chi connectivity index (χ3v) is 8.02. The van der Waals surface area contributed by atoms with E-state index in [1.807, 2.05) is 24.3 Å². The van der Waals surface area contributed by atoms with Gasteiger partial charge in [-0.15, -0.1) is 0 Å². The summed E-state index contributed by atoms with van der Waals surface area (Å²) in [5.41, 5.74) is 0. The zero-order valence-electron chi connectivity index (χ0n) is 15.1. The van der Waals surface area contributed by atoms with Gasteiger partial charge >= 0.3 is 8.56 Å². The van der Waals surface area contributed by atoms with Crippen LogP contribution in [0.1, 0.15) is 65.7 Å². The maximum absolute atomic E-state index is 6.27. The third kappa shape index (κ3) is 8.23. The summed E-state index contributed by atoms with van der Waals surface area (Å²) >= 11 is 6.05. The average molecular weight is 357 g/mol. The van der Waals surface area contributed by atoms with Crippen LogP contribution in [0.25, 0.3) is 0 Å². The Balaban J connectivity index is 2.35. The van der Waals surface area contributed by atoms with Gasteiger partial charge < -0.3 is 8.85 Å². The molecule has 0 fully saturated rings. The van der Waals surface area contributed by atoms with Crippen LogP contribution in [-0.4, -0.2) is 15.2 Å². The Kier molecular flexibility index (Phi) is 10.7. The number of halogens is 1. The quantitative estimate of drug-likeness (QED) is 0.280. The smallest absolute Gasteiger partial charge is 0.398 e. The fourth-order valence-corrected chi connectivity index (χ4v) is 5.20. The second kappa shape index (κ2) is 11.9. The van der Waals surface area contributed by atoms with Crippen molar-refractivity contribution in [3.8, 4) is 5.75 Å². The van der Waals surface area contributed by atoms with Crippen LogP contribution in [-0.2, 0) is 4.43 Å². The molecular weight excluding hydrogens is 324 g/mol. The second-order valence-corrected chi connectivity index (χ2v) is 10.3. The molecule has 0 saturated carbocycles. The number of hydrogen-bond acceptors (Lipinski definition) is 2. The molecule has 0 saturated heterocycles. The van der Waals surface area contributed by atoms with Crippen molar-refractivity contribution in [1.29, 1.82) is 0 Å². The molecule has 4 heteroatoms. The summed E-state index contributed by atoms with van der Waals surface area (Å²) in [6.45, 7) is 7.42. The zero-order valence-corrected chi connectivity index (χ0v) is 16.8. The summed E-state index contributed by atoms with van der Waals surface area (Å²) in [6, 6.07) is 9.58. The molecule has 0 bridgehead atoms. The number of rotatable bonds is 13. The van der Waals surface area contributed by atoms with E-state index in [-0.39, 0.29) is 0 Å². The van der Waals surface area contributed by atoms with Crippen molar-refractivity contribution >= 4 is 20.2 Å². The molecule has 1 aromatic rings. The molecule has 0 aliphatic heterocycles. The number of benzene rings is 1. The van der Waals surface area contributed by atoms with Crippen molar-refractivity contribution < 1.29 is 8.85 Å². The molecule has 0 atom stereocenters. The van der Waals surface area contributed by atoms with Crippen molar-refractivity contribution in [3.05, 3.63) is 29.3 Å². The van der Waals surface area contributed by atoms with Crippen molar-refractivity contribution in [3.63, 3.8) is 0 Å². The minimum atomic E-state index is -2.15. The Morgan fingerprint density at radius 2 is 1.57 bits per heavy atom. The van der Waals surface area contributed by atoms with E-state index in [1.165, 1.54) is 38.5 Å². The predicted molar refractivity (Wildman–Crippen MR) is 103 cm³/mol. The van der Waals surface area contributed by atoms with Gasteiger partial charge in [0.2, 0.25) is 0 Å². The minimum Gasteiger partial charge on any atom is -0.520 e. The fraction of sp³-hybridized carbons (Fsp3) is 0.684. The second-order valence-electron chi connectivity index (χ2n) is 6.15. The summed E-state index contributed by atoms with van der Waals surface area (Å²) in [7, 11) is -2.15. The highest BCUT2D eigenvalue weighted by Gasteiger charge is 2.35. The summed E-state index contributed by atoms with van der Waals surface area (Å²) in [5, 5.41) is 0.713. The molecule has 0 aliphatic carbocycles. The van der Waals surface area contributed by atoms with E-state index < -0.39 is 8.56 Å². The first-order valence-electron chi connectivity index (χ1n) is 9.24. The molecule has 0 unspecified atom stereocenters. The Morgan fingerprint density at radius 3 is 2.17 bits per heavy atom. The van der Waals surface area contributed by atoms with Crippen LogP contribution in [0.4, 0.5) is 0 Å². The van der Waals surface area contributed by atoms with Gasteiger partial charge in [-0.1, -0.05) is 77.0 Å². The Bertz CT molecular complexity index is 422. The lowest BCUT2D eigenvalue weighted by Gasteiger charge is -2.29. The first-order chi connectivity index (χ1) is 11.2. The van der Waals surface area contributed by atoms with E-state index >= 15 is 0 Å². The number of hydrogen-bond donors (Lipinski definition) is 0. The maximum Gasteiger partial charge on any atom is 0.398 e. The van der Waals surface area contributed by atoms with Crippen molar-refractivity contribution in [2.45, 2.75) is 77.8 Å². The van der Waals surface area contributed by atoms with Gasteiger partial charge in [0.15, 0.2) is 0 Å². The molecule has 1 aromatic carbocycles. The molecule has 1 rings (SSSR count). The molecule has 0 N–H and O–H groups in total. The molecule has 0 amide bonds. The van der Waals surface area contributed by atoms with E-state index in [0.717, 1.165) is 30.9 Å². The predicted octanol–water partition coefficient (Wildman–Crippen LogP) is 6.97. The summed E-state index contributed by atoms with van der Waals surface area (Å²) in [5.74, 6) is 0.840. The first-order valence-corrected chi connectivity index (χ1v) is 11.8.